The highest BCUT2D eigenvalue weighted by molar-refractivity contribution is 7.98. The van der Waals surface area contributed by atoms with Gasteiger partial charge in [-0.15, -0.1) is 11.8 Å². The number of pyridine rings is 4. The van der Waals surface area contributed by atoms with Crippen LogP contribution >= 0.6 is 11.8 Å². The maximum atomic E-state index is 11.8. The van der Waals surface area contributed by atoms with E-state index >= 15 is 0 Å². The third-order valence-corrected chi connectivity index (χ3v) is 10.6. The fraction of sp³-hybridized carbons (Fsp3) is 0.481. The number of ether oxygens (including phenoxy) is 2. The van der Waals surface area contributed by atoms with Crippen molar-refractivity contribution in [1.82, 2.24) is 29.9 Å². The number of aromatic nitrogens is 6. The van der Waals surface area contributed by atoms with E-state index < -0.39 is 11.2 Å². The van der Waals surface area contributed by atoms with Gasteiger partial charge in [-0.3, -0.25) is 29.5 Å². The lowest BCUT2D eigenvalue weighted by molar-refractivity contribution is -0.156. The number of rotatable bonds is 19. The number of nitrogens with zero attached hydrogens (tertiary/aromatic N) is 6. The number of aryl methyl sites for hydroxylation is 3. The summed E-state index contributed by atoms with van der Waals surface area (Å²) in [6.45, 7) is 17.4. The molecule has 0 spiro atoms. The van der Waals surface area contributed by atoms with Crippen molar-refractivity contribution >= 4 is 30.0 Å². The molecule has 0 fully saturated rings. The summed E-state index contributed by atoms with van der Waals surface area (Å²) >= 11 is 1.67. The van der Waals surface area contributed by atoms with Crippen LogP contribution in [0.25, 0.3) is 22.3 Å². The first-order valence-electron chi connectivity index (χ1n) is 22.4. The molecule has 0 aromatic carbocycles. The van der Waals surface area contributed by atoms with Crippen molar-refractivity contribution in [3.63, 3.8) is 0 Å². The standard InChI is InChI=1S/C21H24N4S.C21H28N2O2.C10H18O3/c1-16(6-10-21-24-14-20(26-2)15-25-21)5-8-19-9-7-18(13-23-19)17-4-3-11-22-12-17;1-16(8-12-20(24)25-21(2,3)4)7-10-19-11-9-18(15-23-19)17-6-5-13-22-14-17;1-8(7-11)5-6-9(12)13-10(2,3)4/h3-4,7,9,11-16H,5-6,8,10H2,1-2H3;5-6,9,11,13-16H,7-8,10,12H2,1-4H3;7-8H,5-6H2,1-4H3. The van der Waals surface area contributed by atoms with E-state index in [2.05, 4.69) is 74.1 Å². The zero-order valence-electron chi connectivity index (χ0n) is 39.8. The molecule has 0 amide bonds. The van der Waals surface area contributed by atoms with E-state index in [0.717, 1.165) is 95.6 Å². The monoisotopic (exact) mass is 891 g/mol. The molecule has 344 valence electrons. The molecule has 64 heavy (non-hydrogen) atoms. The van der Waals surface area contributed by atoms with Crippen molar-refractivity contribution < 1.29 is 23.9 Å². The number of hydrogen-bond acceptors (Lipinski definition) is 12. The van der Waals surface area contributed by atoms with Gasteiger partial charge in [-0.2, -0.15) is 0 Å². The lowest BCUT2D eigenvalue weighted by atomic mass is 9.98. The largest absolute Gasteiger partial charge is 0.460 e. The van der Waals surface area contributed by atoms with Gasteiger partial charge in [-0.05, 0) is 129 Å². The van der Waals surface area contributed by atoms with Crippen LogP contribution in [-0.2, 0) is 43.1 Å². The normalized spacial score (nSPS) is 12.6. The average Bonchev–Trinajstić information content (AvgIpc) is 3.28. The van der Waals surface area contributed by atoms with E-state index in [4.69, 9.17) is 9.47 Å². The molecule has 3 unspecified atom stereocenters. The lowest BCUT2D eigenvalue weighted by Crippen LogP contribution is -2.24. The number of esters is 2. The van der Waals surface area contributed by atoms with Crippen molar-refractivity contribution in [3.8, 4) is 22.3 Å². The van der Waals surface area contributed by atoms with E-state index in [1.165, 1.54) is 0 Å². The molecular weight excluding hydrogens is 821 g/mol. The second-order valence-corrected chi connectivity index (χ2v) is 19.2. The number of hydrogen-bond donors (Lipinski definition) is 0. The second kappa shape index (κ2) is 27.7. The smallest absolute Gasteiger partial charge is 0.306 e. The van der Waals surface area contributed by atoms with Crippen LogP contribution in [0.4, 0.5) is 0 Å². The molecule has 0 N–H and O–H groups in total. The molecule has 5 aromatic heterocycles. The minimum absolute atomic E-state index is 0.0625. The fourth-order valence-electron chi connectivity index (χ4n) is 6.15. The van der Waals surface area contributed by atoms with Crippen LogP contribution in [-0.4, -0.2) is 65.6 Å². The Bertz CT molecular complexity index is 2070. The van der Waals surface area contributed by atoms with Gasteiger partial charge in [0.1, 0.15) is 23.3 Å². The molecule has 0 bridgehead atoms. The Hall–Kier alpha value is -5.36. The van der Waals surface area contributed by atoms with Crippen molar-refractivity contribution in [2.45, 2.75) is 143 Å². The number of thioether (sulfide) groups is 1. The quantitative estimate of drug-likeness (QED) is 0.0441. The molecule has 0 aliphatic rings. The number of carbonyl (C=O) groups is 3. The van der Waals surface area contributed by atoms with Gasteiger partial charge in [0.05, 0.1) is 0 Å². The van der Waals surface area contributed by atoms with Gasteiger partial charge in [-0.1, -0.05) is 45.0 Å². The van der Waals surface area contributed by atoms with Crippen molar-refractivity contribution in [2.24, 2.45) is 17.8 Å². The molecule has 5 rings (SSSR count). The van der Waals surface area contributed by atoms with Crippen LogP contribution < -0.4 is 0 Å². The van der Waals surface area contributed by atoms with Gasteiger partial charge < -0.3 is 14.3 Å². The Morgan fingerprint density at radius 2 is 1.02 bits per heavy atom. The molecule has 0 saturated carbocycles. The molecule has 12 heteroatoms. The Morgan fingerprint density at radius 3 is 1.41 bits per heavy atom. The third kappa shape index (κ3) is 22.8. The van der Waals surface area contributed by atoms with E-state index in [0.29, 0.717) is 31.1 Å². The first kappa shape index (κ1) is 53.0. The Morgan fingerprint density at radius 1 is 0.578 bits per heavy atom. The van der Waals surface area contributed by atoms with E-state index in [-0.39, 0.29) is 17.9 Å². The van der Waals surface area contributed by atoms with Crippen LogP contribution in [0.1, 0.15) is 124 Å². The SMILES string of the molecule is CC(C=O)CCC(=O)OC(C)(C)C.CC(CCC(=O)OC(C)(C)C)CCc1ccc(-c2cccnc2)cn1.CSc1cnc(CCC(C)CCc2ccc(-c3cccnc3)cn2)nc1. The van der Waals surface area contributed by atoms with Crippen LogP contribution in [0.2, 0.25) is 0 Å². The van der Waals surface area contributed by atoms with Crippen LogP contribution in [0.5, 0.6) is 0 Å². The highest BCUT2D eigenvalue weighted by Gasteiger charge is 2.18. The van der Waals surface area contributed by atoms with Gasteiger partial charge in [0.25, 0.3) is 0 Å². The zero-order chi connectivity index (χ0) is 47.0. The molecule has 0 radical (unpaired) electrons. The molecule has 11 nitrogen and oxygen atoms in total. The lowest BCUT2D eigenvalue weighted by Gasteiger charge is -2.20. The third-order valence-electron chi connectivity index (χ3n) is 9.92. The molecule has 5 heterocycles. The van der Waals surface area contributed by atoms with Crippen LogP contribution in [0.3, 0.4) is 0 Å². The summed E-state index contributed by atoms with van der Waals surface area (Å²) in [5.41, 5.74) is 5.76. The Kier molecular flexibility index (Phi) is 23.0. The summed E-state index contributed by atoms with van der Waals surface area (Å²) in [6, 6.07) is 16.4. The van der Waals surface area contributed by atoms with Crippen LogP contribution in [0, 0.1) is 17.8 Å². The predicted molar refractivity (Wildman–Crippen MR) is 257 cm³/mol. The highest BCUT2D eigenvalue weighted by Crippen LogP contribution is 2.21. The van der Waals surface area contributed by atoms with Gasteiger partial charge in [-0.25, -0.2) is 9.97 Å². The fourth-order valence-corrected chi connectivity index (χ4v) is 6.46. The van der Waals surface area contributed by atoms with E-state index in [1.54, 1.807) is 31.1 Å². The summed E-state index contributed by atoms with van der Waals surface area (Å²) in [4.78, 5) is 60.6. The van der Waals surface area contributed by atoms with Crippen molar-refractivity contribution in [3.05, 3.63) is 115 Å². The maximum Gasteiger partial charge on any atom is 0.306 e. The summed E-state index contributed by atoms with van der Waals surface area (Å²) in [7, 11) is 0. The Labute approximate surface area is 386 Å². The summed E-state index contributed by atoms with van der Waals surface area (Å²) in [5.74, 6) is 1.62. The molecular formula is C52H70N6O5S. The van der Waals surface area contributed by atoms with E-state index in [9.17, 15) is 14.4 Å². The minimum atomic E-state index is -0.429. The first-order chi connectivity index (χ1) is 30.4. The molecule has 3 atom stereocenters. The highest BCUT2D eigenvalue weighted by atomic mass is 32.2. The Balaban J connectivity index is 0.000000270. The summed E-state index contributed by atoms with van der Waals surface area (Å²) in [6.07, 6.45) is 26.1. The maximum absolute atomic E-state index is 11.8. The van der Waals surface area contributed by atoms with Gasteiger partial charge in [0, 0.05) is 113 Å². The van der Waals surface area contributed by atoms with Crippen molar-refractivity contribution in [1.29, 1.82) is 0 Å². The zero-order valence-corrected chi connectivity index (χ0v) is 40.6. The molecule has 0 aliphatic carbocycles. The van der Waals surface area contributed by atoms with E-state index in [1.807, 2.05) is 103 Å². The second-order valence-electron chi connectivity index (χ2n) is 18.3. The van der Waals surface area contributed by atoms with Gasteiger partial charge in [0.15, 0.2) is 0 Å². The summed E-state index contributed by atoms with van der Waals surface area (Å²) in [5, 5.41) is 0. The average molecular weight is 891 g/mol. The molecule has 5 aromatic rings. The summed E-state index contributed by atoms with van der Waals surface area (Å²) < 4.78 is 10.4. The minimum Gasteiger partial charge on any atom is -0.460 e. The van der Waals surface area contributed by atoms with Gasteiger partial charge >= 0.3 is 11.9 Å². The molecule has 0 saturated heterocycles. The number of carbonyl (C=O) groups excluding carboxylic acids is 3. The first-order valence-corrected chi connectivity index (χ1v) is 23.6. The topological polar surface area (TPSA) is 147 Å². The van der Waals surface area contributed by atoms with Crippen LogP contribution in [0.15, 0.2) is 103 Å². The molecule has 0 aliphatic heterocycles. The van der Waals surface area contributed by atoms with Gasteiger partial charge in [0.2, 0.25) is 0 Å². The van der Waals surface area contributed by atoms with Crippen molar-refractivity contribution in [2.75, 3.05) is 6.26 Å². The number of aldehydes is 1. The predicted octanol–water partition coefficient (Wildman–Crippen LogP) is 11.6.